The molecule has 124 valence electrons. The highest BCUT2D eigenvalue weighted by molar-refractivity contribution is 7.12. The summed E-state index contributed by atoms with van der Waals surface area (Å²) < 4.78 is 38.0. The van der Waals surface area contributed by atoms with E-state index in [9.17, 15) is 18.0 Å². The standard InChI is InChI=1S/C17H13F3N2OS/c1-2-14-6-7-15(24-14)8-11(10-21)16(23)22-13-5-3-4-12(9-13)17(18,19)20/h3-9H,2H2,1H3,(H,22,23). The first kappa shape index (κ1) is 17.8. The molecule has 1 aromatic heterocycles. The molecule has 0 unspecified atom stereocenters. The molecule has 1 aromatic carbocycles. The van der Waals surface area contributed by atoms with Crippen LogP contribution in [-0.2, 0) is 17.4 Å². The molecule has 0 radical (unpaired) electrons. The van der Waals surface area contributed by atoms with Crippen LogP contribution in [0.15, 0.2) is 42.0 Å². The zero-order valence-corrected chi connectivity index (χ0v) is 13.5. The maximum Gasteiger partial charge on any atom is 0.416 e. The minimum atomic E-state index is -4.50. The van der Waals surface area contributed by atoms with E-state index in [1.165, 1.54) is 29.5 Å². The molecular formula is C17H13F3N2OS. The number of nitrogens with one attached hydrogen (secondary N) is 1. The maximum absolute atomic E-state index is 12.7. The zero-order valence-electron chi connectivity index (χ0n) is 12.6. The SMILES string of the molecule is CCc1ccc(C=C(C#N)C(=O)Nc2cccc(C(F)(F)F)c2)s1. The van der Waals surface area contributed by atoms with E-state index in [2.05, 4.69) is 5.32 Å². The Morgan fingerprint density at radius 2 is 2.08 bits per heavy atom. The van der Waals surface area contributed by atoms with Crippen molar-refractivity contribution in [2.75, 3.05) is 5.32 Å². The molecule has 24 heavy (non-hydrogen) atoms. The van der Waals surface area contributed by atoms with Gasteiger partial charge in [0.15, 0.2) is 0 Å². The van der Waals surface area contributed by atoms with Gasteiger partial charge in [-0.2, -0.15) is 18.4 Å². The number of halogens is 3. The number of carbonyl (C=O) groups is 1. The Kier molecular flexibility index (Phi) is 5.42. The summed E-state index contributed by atoms with van der Waals surface area (Å²) in [5.41, 5.74) is -1.05. The Balaban J connectivity index is 2.20. The van der Waals surface area contributed by atoms with Gasteiger partial charge in [-0.3, -0.25) is 4.79 Å². The number of hydrogen-bond acceptors (Lipinski definition) is 3. The lowest BCUT2D eigenvalue weighted by Crippen LogP contribution is -2.14. The average molecular weight is 350 g/mol. The van der Waals surface area contributed by atoms with Gasteiger partial charge in [0.2, 0.25) is 0 Å². The molecule has 0 saturated heterocycles. The number of anilines is 1. The highest BCUT2D eigenvalue weighted by atomic mass is 32.1. The second kappa shape index (κ2) is 7.32. The van der Waals surface area contributed by atoms with Crippen molar-refractivity contribution in [1.82, 2.24) is 0 Å². The highest BCUT2D eigenvalue weighted by Crippen LogP contribution is 2.30. The predicted molar refractivity (Wildman–Crippen MR) is 87.4 cm³/mol. The van der Waals surface area contributed by atoms with E-state index >= 15 is 0 Å². The Morgan fingerprint density at radius 3 is 2.67 bits per heavy atom. The highest BCUT2D eigenvalue weighted by Gasteiger charge is 2.30. The number of rotatable bonds is 4. The fourth-order valence-corrected chi connectivity index (χ4v) is 2.82. The number of nitriles is 1. The first-order valence-electron chi connectivity index (χ1n) is 7.02. The minimum Gasteiger partial charge on any atom is -0.321 e. The number of nitrogens with zero attached hydrogens (tertiary/aromatic N) is 1. The molecule has 0 aliphatic rings. The fraction of sp³-hybridized carbons (Fsp3) is 0.176. The first-order chi connectivity index (χ1) is 11.3. The van der Waals surface area contributed by atoms with Crippen LogP contribution in [0.4, 0.5) is 18.9 Å². The van der Waals surface area contributed by atoms with Crippen LogP contribution in [0.1, 0.15) is 22.2 Å². The molecule has 0 fully saturated rings. The van der Waals surface area contributed by atoms with Crippen LogP contribution < -0.4 is 5.32 Å². The Bertz CT molecular complexity index is 816. The maximum atomic E-state index is 12.7. The van der Waals surface area contributed by atoms with Gasteiger partial charge < -0.3 is 5.32 Å². The van der Waals surface area contributed by atoms with Gasteiger partial charge >= 0.3 is 6.18 Å². The van der Waals surface area contributed by atoms with Crippen molar-refractivity contribution < 1.29 is 18.0 Å². The number of benzene rings is 1. The van der Waals surface area contributed by atoms with Crippen LogP contribution in [0.5, 0.6) is 0 Å². The van der Waals surface area contributed by atoms with Gasteiger partial charge in [-0.05, 0) is 42.8 Å². The number of amides is 1. The Labute approximate surface area is 141 Å². The third-order valence-corrected chi connectivity index (χ3v) is 4.31. The van der Waals surface area contributed by atoms with Gasteiger partial charge in [0.1, 0.15) is 11.6 Å². The number of alkyl halides is 3. The van der Waals surface area contributed by atoms with E-state index < -0.39 is 17.6 Å². The smallest absolute Gasteiger partial charge is 0.321 e. The van der Waals surface area contributed by atoms with Crippen LogP contribution in [0, 0.1) is 11.3 Å². The number of thiophene rings is 1. The fourth-order valence-electron chi connectivity index (χ4n) is 1.92. The Hall–Kier alpha value is -2.59. The molecule has 0 bridgehead atoms. The lowest BCUT2D eigenvalue weighted by molar-refractivity contribution is -0.137. The number of aryl methyl sites for hydroxylation is 1. The van der Waals surface area contributed by atoms with Gasteiger partial charge in [0.05, 0.1) is 5.56 Å². The van der Waals surface area contributed by atoms with E-state index in [-0.39, 0.29) is 11.3 Å². The molecule has 1 N–H and O–H groups in total. The van der Waals surface area contributed by atoms with Crippen molar-refractivity contribution in [3.8, 4) is 6.07 Å². The quantitative estimate of drug-likeness (QED) is 0.631. The summed E-state index contributed by atoms with van der Waals surface area (Å²) in [4.78, 5) is 14.0. The second-order valence-corrected chi connectivity index (χ2v) is 6.06. The van der Waals surface area contributed by atoms with Crippen LogP contribution >= 0.6 is 11.3 Å². The lowest BCUT2D eigenvalue weighted by atomic mass is 10.1. The Morgan fingerprint density at radius 1 is 1.33 bits per heavy atom. The van der Waals surface area contributed by atoms with Crippen LogP contribution in [0.2, 0.25) is 0 Å². The van der Waals surface area contributed by atoms with Crippen molar-refractivity contribution in [2.45, 2.75) is 19.5 Å². The van der Waals surface area contributed by atoms with Crippen LogP contribution in [0.25, 0.3) is 6.08 Å². The van der Waals surface area contributed by atoms with Crippen LogP contribution in [-0.4, -0.2) is 5.91 Å². The van der Waals surface area contributed by atoms with E-state index in [0.717, 1.165) is 28.3 Å². The van der Waals surface area contributed by atoms with Crippen molar-refractivity contribution in [1.29, 1.82) is 5.26 Å². The summed E-state index contributed by atoms with van der Waals surface area (Å²) in [5.74, 6) is -0.747. The summed E-state index contributed by atoms with van der Waals surface area (Å²) in [5, 5.41) is 11.5. The molecule has 0 atom stereocenters. The zero-order chi connectivity index (χ0) is 17.7. The van der Waals surface area contributed by atoms with E-state index in [1.807, 2.05) is 13.0 Å². The second-order valence-electron chi connectivity index (χ2n) is 4.86. The number of carbonyl (C=O) groups excluding carboxylic acids is 1. The molecule has 2 aromatic rings. The molecule has 7 heteroatoms. The molecule has 0 aliphatic heterocycles. The van der Waals surface area contributed by atoms with Gasteiger partial charge in [-0.25, -0.2) is 0 Å². The predicted octanol–water partition coefficient (Wildman–Crippen LogP) is 4.87. The summed E-state index contributed by atoms with van der Waals surface area (Å²) in [6.45, 7) is 1.99. The summed E-state index contributed by atoms with van der Waals surface area (Å²) in [7, 11) is 0. The molecule has 0 spiro atoms. The van der Waals surface area contributed by atoms with E-state index in [4.69, 9.17) is 5.26 Å². The molecule has 1 heterocycles. The normalized spacial score (nSPS) is 11.9. The van der Waals surface area contributed by atoms with Gasteiger partial charge in [0, 0.05) is 15.4 Å². The van der Waals surface area contributed by atoms with Gasteiger partial charge in [-0.15, -0.1) is 11.3 Å². The number of hydrogen-bond donors (Lipinski definition) is 1. The van der Waals surface area contributed by atoms with Gasteiger partial charge in [-0.1, -0.05) is 13.0 Å². The van der Waals surface area contributed by atoms with Crippen LogP contribution in [0.3, 0.4) is 0 Å². The molecule has 3 nitrogen and oxygen atoms in total. The third-order valence-electron chi connectivity index (χ3n) is 3.13. The molecule has 2 rings (SSSR count). The van der Waals surface area contributed by atoms with Crippen molar-refractivity contribution in [2.24, 2.45) is 0 Å². The van der Waals surface area contributed by atoms with Crippen molar-refractivity contribution in [3.05, 3.63) is 57.3 Å². The third kappa shape index (κ3) is 4.46. The lowest BCUT2D eigenvalue weighted by Gasteiger charge is -2.09. The molecule has 0 saturated carbocycles. The largest absolute Gasteiger partial charge is 0.416 e. The molecular weight excluding hydrogens is 337 g/mol. The topological polar surface area (TPSA) is 52.9 Å². The summed E-state index contributed by atoms with van der Waals surface area (Å²) in [6.07, 6.45) is -2.23. The summed E-state index contributed by atoms with van der Waals surface area (Å²) >= 11 is 1.45. The molecule has 0 aliphatic carbocycles. The van der Waals surface area contributed by atoms with E-state index in [0.29, 0.717) is 0 Å². The molecule has 1 amide bonds. The average Bonchev–Trinajstić information content (AvgIpc) is 2.99. The first-order valence-corrected chi connectivity index (χ1v) is 7.84. The summed E-state index contributed by atoms with van der Waals surface area (Å²) in [6, 6.07) is 9.73. The monoisotopic (exact) mass is 350 g/mol. The van der Waals surface area contributed by atoms with Gasteiger partial charge in [0.25, 0.3) is 5.91 Å². The van der Waals surface area contributed by atoms with Crippen molar-refractivity contribution in [3.63, 3.8) is 0 Å². The van der Waals surface area contributed by atoms with E-state index in [1.54, 1.807) is 12.1 Å². The minimum absolute atomic E-state index is 0.0172. The van der Waals surface area contributed by atoms with Crippen molar-refractivity contribution >= 4 is 29.0 Å².